The highest BCUT2D eigenvalue weighted by molar-refractivity contribution is 8.03. The van der Waals surface area contributed by atoms with Crippen molar-refractivity contribution in [3.8, 4) is 5.40 Å². The van der Waals surface area contributed by atoms with Crippen LogP contribution >= 0.6 is 11.8 Å². The zero-order valence-electron chi connectivity index (χ0n) is 5.67. The summed E-state index contributed by atoms with van der Waals surface area (Å²) in [5.74, 6) is -0.491. The second-order valence-electron chi connectivity index (χ2n) is 1.65. The molecule has 0 fully saturated rings. The highest BCUT2D eigenvalue weighted by Gasteiger charge is 2.10. The van der Waals surface area contributed by atoms with E-state index < -0.39 is 10.9 Å². The summed E-state index contributed by atoms with van der Waals surface area (Å²) in [6, 6.07) is 1.43. The molecule has 6 nitrogen and oxygen atoms in total. The number of nitriles is 1. The number of hydrogen-bond acceptors (Lipinski definition) is 6. The molecule has 0 aromatic carbocycles. The lowest BCUT2D eigenvalue weighted by Gasteiger charge is -1.90. The molecule has 0 saturated carbocycles. The summed E-state index contributed by atoms with van der Waals surface area (Å²) in [5.41, 5.74) is 0. The number of hydrogen-bond donors (Lipinski definition) is 0. The van der Waals surface area contributed by atoms with Gasteiger partial charge in [0.05, 0.1) is 0 Å². The Bertz CT molecular complexity index is 348. The van der Waals surface area contributed by atoms with Crippen LogP contribution in [0.4, 0.5) is 5.95 Å². The van der Waals surface area contributed by atoms with Crippen molar-refractivity contribution >= 4 is 17.7 Å². The fourth-order valence-corrected chi connectivity index (χ4v) is 0.874. The van der Waals surface area contributed by atoms with E-state index in [4.69, 9.17) is 5.26 Å². The molecule has 0 amide bonds. The first-order valence-electron chi connectivity index (χ1n) is 2.77. The second kappa shape index (κ2) is 3.64. The average molecular weight is 182 g/mol. The van der Waals surface area contributed by atoms with E-state index in [0.29, 0.717) is 0 Å². The Morgan fingerprint density at radius 2 is 2.50 bits per heavy atom. The van der Waals surface area contributed by atoms with Gasteiger partial charge in [-0.25, -0.2) is 0 Å². The third kappa shape index (κ3) is 1.90. The Kier molecular flexibility index (Phi) is 2.55. The van der Waals surface area contributed by atoms with Crippen molar-refractivity contribution in [2.24, 2.45) is 0 Å². The van der Waals surface area contributed by atoms with Crippen molar-refractivity contribution in [2.75, 3.05) is 0 Å². The minimum absolute atomic E-state index is 0.277. The van der Waals surface area contributed by atoms with Crippen molar-refractivity contribution in [3.63, 3.8) is 0 Å². The van der Waals surface area contributed by atoms with E-state index in [0.717, 1.165) is 11.8 Å². The van der Waals surface area contributed by atoms with Crippen LogP contribution in [-0.4, -0.2) is 14.9 Å². The molecule has 0 spiro atoms. The van der Waals surface area contributed by atoms with E-state index in [1.165, 1.54) is 12.3 Å². The Morgan fingerprint density at radius 1 is 1.75 bits per heavy atom. The van der Waals surface area contributed by atoms with Gasteiger partial charge in [-0.2, -0.15) is 5.26 Å². The van der Waals surface area contributed by atoms with Gasteiger partial charge in [-0.15, -0.1) is 0 Å². The third-order valence-electron chi connectivity index (χ3n) is 0.931. The molecule has 0 aliphatic heterocycles. The molecule has 60 valence electrons. The largest absolute Gasteiger partial charge is 0.469 e. The maximum absolute atomic E-state index is 10.1. The van der Waals surface area contributed by atoms with Gasteiger partial charge in [0, 0.05) is 17.8 Å². The van der Waals surface area contributed by atoms with Crippen LogP contribution < -0.4 is 0 Å². The van der Waals surface area contributed by atoms with Crippen LogP contribution in [0.2, 0.25) is 0 Å². The van der Waals surface area contributed by atoms with Crippen LogP contribution in [0.5, 0.6) is 0 Å². The number of thioether (sulfide) groups is 1. The number of rotatable bonds is 2. The van der Waals surface area contributed by atoms with Gasteiger partial charge in [0.25, 0.3) is 0 Å². The monoisotopic (exact) mass is 182 g/mol. The molecule has 1 aromatic rings. The summed E-state index contributed by atoms with van der Waals surface area (Å²) in [6.45, 7) is 0. The van der Waals surface area contributed by atoms with Gasteiger partial charge in [-0.05, 0) is 4.92 Å². The normalized spacial score (nSPS) is 8.92. The van der Waals surface area contributed by atoms with Crippen molar-refractivity contribution in [1.29, 1.82) is 5.26 Å². The number of nitrogens with zero attached hydrogens (tertiary/aromatic N) is 4. The third-order valence-corrected chi connectivity index (χ3v) is 1.46. The first-order chi connectivity index (χ1) is 5.74. The molecular weight excluding hydrogens is 180 g/mol. The van der Waals surface area contributed by atoms with Crippen LogP contribution in [0.1, 0.15) is 0 Å². The summed E-state index contributed by atoms with van der Waals surface area (Å²) < 4.78 is 0. The molecule has 1 aromatic heterocycles. The van der Waals surface area contributed by atoms with Gasteiger partial charge in [-0.3, -0.25) is 0 Å². The lowest BCUT2D eigenvalue weighted by atomic mass is 10.7. The topological polar surface area (TPSA) is 92.7 Å². The summed E-state index contributed by atoms with van der Waals surface area (Å²) in [4.78, 5) is 16.3. The molecule has 7 heteroatoms. The smallest absolute Gasteiger partial charge is 0.390 e. The first kappa shape index (κ1) is 8.42. The SMILES string of the molecule is N#CSc1ccnc([N+](=O)[O-])n1. The van der Waals surface area contributed by atoms with Crippen molar-refractivity contribution in [3.05, 3.63) is 22.4 Å². The Labute approximate surface area is 71.4 Å². The van der Waals surface area contributed by atoms with E-state index in [-0.39, 0.29) is 5.03 Å². The molecule has 12 heavy (non-hydrogen) atoms. The van der Waals surface area contributed by atoms with Crippen molar-refractivity contribution in [1.82, 2.24) is 9.97 Å². The second-order valence-corrected chi connectivity index (χ2v) is 2.45. The Hall–Kier alpha value is -1.68. The van der Waals surface area contributed by atoms with Gasteiger partial charge in [0.15, 0.2) is 5.03 Å². The van der Waals surface area contributed by atoms with Gasteiger partial charge in [0.2, 0.25) is 0 Å². The summed E-state index contributed by atoms with van der Waals surface area (Å²) in [6.07, 6.45) is 1.24. The fourth-order valence-electron chi connectivity index (χ4n) is 0.524. The maximum atomic E-state index is 10.1. The van der Waals surface area contributed by atoms with Crippen LogP contribution in [0.25, 0.3) is 0 Å². The van der Waals surface area contributed by atoms with Gasteiger partial charge in [-0.1, -0.05) is 9.97 Å². The molecule has 0 N–H and O–H groups in total. The van der Waals surface area contributed by atoms with Crippen molar-refractivity contribution < 1.29 is 4.92 Å². The molecule has 0 saturated heterocycles. The number of nitro groups is 1. The molecule has 0 atom stereocenters. The minimum atomic E-state index is -0.707. The van der Waals surface area contributed by atoms with Crippen LogP contribution in [-0.2, 0) is 0 Å². The first-order valence-corrected chi connectivity index (χ1v) is 3.59. The highest BCUT2D eigenvalue weighted by atomic mass is 32.2. The van der Waals surface area contributed by atoms with Gasteiger partial charge < -0.3 is 10.1 Å². The average Bonchev–Trinajstić information content (AvgIpc) is 2.05. The van der Waals surface area contributed by atoms with E-state index >= 15 is 0 Å². The van der Waals surface area contributed by atoms with Crippen molar-refractivity contribution in [2.45, 2.75) is 5.03 Å². The molecule has 0 bridgehead atoms. The minimum Gasteiger partial charge on any atom is -0.390 e. The number of aromatic nitrogens is 2. The molecular formula is C5H2N4O2S. The quantitative estimate of drug-likeness (QED) is 0.222. The lowest BCUT2D eigenvalue weighted by Crippen LogP contribution is -1.95. The van der Waals surface area contributed by atoms with E-state index in [2.05, 4.69) is 9.97 Å². The van der Waals surface area contributed by atoms with Crippen LogP contribution in [0.3, 0.4) is 0 Å². The summed E-state index contributed by atoms with van der Waals surface area (Å²) in [5, 5.41) is 20.4. The maximum Gasteiger partial charge on any atom is 0.469 e. The Morgan fingerprint density at radius 3 is 3.08 bits per heavy atom. The molecule has 0 unspecified atom stereocenters. The van der Waals surface area contributed by atoms with E-state index in [1.807, 2.05) is 0 Å². The van der Waals surface area contributed by atoms with Crippen LogP contribution in [0.15, 0.2) is 17.3 Å². The zero-order chi connectivity index (χ0) is 8.97. The van der Waals surface area contributed by atoms with E-state index in [1.54, 1.807) is 5.40 Å². The van der Waals surface area contributed by atoms with E-state index in [9.17, 15) is 10.1 Å². The molecule has 0 aliphatic carbocycles. The standard InChI is InChI=1S/C5H2N4O2S/c6-3-12-4-1-2-7-5(8-4)9(10)11/h1-2H. The molecule has 1 heterocycles. The predicted molar refractivity (Wildman–Crippen MR) is 40.2 cm³/mol. The predicted octanol–water partition coefficient (Wildman–Crippen LogP) is 0.958. The molecule has 0 radical (unpaired) electrons. The summed E-state index contributed by atoms with van der Waals surface area (Å²) >= 11 is 0.757. The fraction of sp³-hybridized carbons (Fsp3) is 0. The molecule has 0 aliphatic rings. The van der Waals surface area contributed by atoms with Gasteiger partial charge in [0.1, 0.15) is 11.6 Å². The summed E-state index contributed by atoms with van der Waals surface area (Å²) in [7, 11) is 0. The lowest BCUT2D eigenvalue weighted by molar-refractivity contribution is -0.394. The highest BCUT2D eigenvalue weighted by Crippen LogP contribution is 2.14. The van der Waals surface area contributed by atoms with Gasteiger partial charge >= 0.3 is 5.95 Å². The van der Waals surface area contributed by atoms with Crippen LogP contribution in [0, 0.1) is 20.8 Å². The Balaban J connectivity index is 2.97. The number of thiocyanates is 1. The zero-order valence-corrected chi connectivity index (χ0v) is 6.48. The molecule has 1 rings (SSSR count).